The molecule has 1 heterocycles. The summed E-state index contributed by atoms with van der Waals surface area (Å²) in [6, 6.07) is 11.5. The van der Waals surface area contributed by atoms with E-state index < -0.39 is 10.0 Å². The summed E-state index contributed by atoms with van der Waals surface area (Å²) in [7, 11) is -2.26. The number of hydrogen-bond acceptors (Lipinski definition) is 5. The van der Waals surface area contributed by atoms with E-state index in [2.05, 4.69) is 0 Å². The lowest BCUT2D eigenvalue weighted by Crippen LogP contribution is -2.11. The number of carbonyl (C=O) groups is 1. The van der Waals surface area contributed by atoms with E-state index in [1.165, 1.54) is 23.2 Å². The number of aryl methyl sites for hydroxylation is 1. The molecule has 142 valence electrons. The largest absolute Gasteiger partial charge is 0.497 e. The molecule has 0 aliphatic rings. The predicted octanol–water partition coefficient (Wildman–Crippen LogP) is 3.42. The molecule has 3 rings (SSSR count). The number of methoxy groups -OCH3 is 1. The molecule has 0 saturated heterocycles. The van der Waals surface area contributed by atoms with E-state index in [1.807, 2.05) is 13.0 Å². The van der Waals surface area contributed by atoms with Gasteiger partial charge in [-0.2, -0.15) is 0 Å². The number of rotatable bonds is 8. The van der Waals surface area contributed by atoms with Gasteiger partial charge in [0.15, 0.2) is 0 Å². The third-order valence-corrected chi connectivity index (χ3v) is 5.97. The summed E-state index contributed by atoms with van der Waals surface area (Å²) in [6.07, 6.45) is 3.19. The lowest BCUT2D eigenvalue weighted by molar-refractivity contribution is -0.107. The summed E-state index contributed by atoms with van der Waals surface area (Å²) >= 11 is 0. The summed E-state index contributed by atoms with van der Waals surface area (Å²) < 4.78 is 38.2. The second kappa shape index (κ2) is 7.84. The van der Waals surface area contributed by atoms with Gasteiger partial charge >= 0.3 is 0 Å². The number of carbonyl (C=O) groups excluding carboxylic acids is 1. The lowest BCUT2D eigenvalue weighted by atomic mass is 10.1. The third-order valence-electron chi connectivity index (χ3n) is 4.28. The Balaban J connectivity index is 2.15. The molecule has 1 aromatic heterocycles. The Kier molecular flexibility index (Phi) is 5.51. The Morgan fingerprint density at radius 2 is 1.78 bits per heavy atom. The van der Waals surface area contributed by atoms with E-state index in [-0.39, 0.29) is 4.90 Å². The SMILES string of the molecule is CCOc1ccc2c(c1)c(CCC=O)cn2S(=O)(=O)c1ccc(OC)cc1. The number of nitrogens with zero attached hydrogens (tertiary/aromatic N) is 1. The van der Waals surface area contributed by atoms with Gasteiger partial charge in [0.05, 0.1) is 24.1 Å². The molecule has 6 nitrogen and oxygen atoms in total. The molecule has 0 saturated carbocycles. The number of aldehydes is 1. The van der Waals surface area contributed by atoms with Crippen LogP contribution in [0, 0.1) is 0 Å². The zero-order chi connectivity index (χ0) is 19.4. The highest BCUT2D eigenvalue weighted by Gasteiger charge is 2.21. The van der Waals surface area contributed by atoms with Gasteiger partial charge in [-0.1, -0.05) is 0 Å². The van der Waals surface area contributed by atoms with Crippen molar-refractivity contribution in [2.45, 2.75) is 24.7 Å². The lowest BCUT2D eigenvalue weighted by Gasteiger charge is -2.09. The fourth-order valence-electron chi connectivity index (χ4n) is 2.98. The number of benzene rings is 2. The molecule has 7 heteroatoms. The summed E-state index contributed by atoms with van der Waals surface area (Å²) in [4.78, 5) is 11.0. The maximum atomic E-state index is 13.2. The molecule has 0 amide bonds. The van der Waals surface area contributed by atoms with Gasteiger partial charge in [0, 0.05) is 18.0 Å². The summed E-state index contributed by atoms with van der Waals surface area (Å²) in [5.74, 6) is 1.25. The zero-order valence-corrected chi connectivity index (χ0v) is 16.0. The van der Waals surface area contributed by atoms with Crippen molar-refractivity contribution in [1.82, 2.24) is 3.97 Å². The van der Waals surface area contributed by atoms with Crippen LogP contribution in [0.2, 0.25) is 0 Å². The quantitative estimate of drug-likeness (QED) is 0.554. The van der Waals surface area contributed by atoms with Crippen molar-refractivity contribution in [2.75, 3.05) is 13.7 Å². The van der Waals surface area contributed by atoms with Crippen LogP contribution in [0.5, 0.6) is 11.5 Å². The maximum Gasteiger partial charge on any atom is 0.268 e. The van der Waals surface area contributed by atoms with E-state index >= 15 is 0 Å². The molecular weight excluding hydrogens is 366 g/mol. The molecule has 0 spiro atoms. The fourth-order valence-corrected chi connectivity index (χ4v) is 4.37. The Morgan fingerprint density at radius 1 is 1.07 bits per heavy atom. The number of aromatic nitrogens is 1. The highest BCUT2D eigenvalue weighted by Crippen LogP contribution is 2.30. The standard InChI is InChI=1S/C20H21NO5S/c1-3-26-17-8-11-20-19(13-17)15(5-4-12-22)14-21(20)27(23,24)18-9-6-16(25-2)7-10-18/h6-14H,3-5H2,1-2H3. The molecule has 27 heavy (non-hydrogen) atoms. The molecule has 0 bridgehead atoms. The minimum Gasteiger partial charge on any atom is -0.497 e. The van der Waals surface area contributed by atoms with Crippen LogP contribution in [0.25, 0.3) is 10.9 Å². The average Bonchev–Trinajstić information content (AvgIpc) is 3.05. The third kappa shape index (κ3) is 3.68. The van der Waals surface area contributed by atoms with Crippen molar-refractivity contribution in [3.05, 3.63) is 54.2 Å². The molecule has 0 radical (unpaired) electrons. The highest BCUT2D eigenvalue weighted by molar-refractivity contribution is 7.90. The summed E-state index contributed by atoms with van der Waals surface area (Å²) in [6.45, 7) is 2.40. The molecule has 0 aliphatic heterocycles. The van der Waals surface area contributed by atoms with Gasteiger partial charge in [0.1, 0.15) is 17.8 Å². The van der Waals surface area contributed by atoms with Crippen molar-refractivity contribution in [2.24, 2.45) is 0 Å². The topological polar surface area (TPSA) is 74.6 Å². The van der Waals surface area contributed by atoms with E-state index in [9.17, 15) is 13.2 Å². The maximum absolute atomic E-state index is 13.2. The van der Waals surface area contributed by atoms with Gasteiger partial charge < -0.3 is 14.3 Å². The Labute approximate surface area is 158 Å². The van der Waals surface area contributed by atoms with Crippen molar-refractivity contribution in [1.29, 1.82) is 0 Å². The molecule has 0 atom stereocenters. The van der Waals surface area contributed by atoms with E-state index in [1.54, 1.807) is 30.5 Å². The second-order valence-corrected chi connectivity index (χ2v) is 7.76. The Bertz CT molecular complexity index is 1050. The molecule has 0 aliphatic carbocycles. The van der Waals surface area contributed by atoms with Crippen LogP contribution in [-0.2, 0) is 21.2 Å². The first-order chi connectivity index (χ1) is 13.0. The van der Waals surface area contributed by atoms with Crippen molar-refractivity contribution in [3.8, 4) is 11.5 Å². The normalized spacial score (nSPS) is 11.5. The van der Waals surface area contributed by atoms with Crippen LogP contribution in [0.4, 0.5) is 0 Å². The van der Waals surface area contributed by atoms with E-state index in [0.717, 1.165) is 17.2 Å². The first-order valence-electron chi connectivity index (χ1n) is 8.61. The Hall–Kier alpha value is -2.80. The minimum atomic E-state index is -3.79. The first-order valence-corrected chi connectivity index (χ1v) is 10.0. The predicted molar refractivity (Wildman–Crippen MR) is 103 cm³/mol. The molecule has 0 N–H and O–H groups in total. The highest BCUT2D eigenvalue weighted by atomic mass is 32.2. The van der Waals surface area contributed by atoms with Crippen molar-refractivity contribution in [3.63, 3.8) is 0 Å². The number of hydrogen-bond donors (Lipinski definition) is 0. The molecular formula is C20H21NO5S. The molecule has 0 fully saturated rings. The van der Waals surface area contributed by atoms with Gasteiger partial charge in [-0.3, -0.25) is 0 Å². The van der Waals surface area contributed by atoms with E-state index in [0.29, 0.717) is 36.5 Å². The van der Waals surface area contributed by atoms with Crippen molar-refractivity contribution >= 4 is 27.2 Å². The van der Waals surface area contributed by atoms with Crippen LogP contribution < -0.4 is 9.47 Å². The second-order valence-electron chi connectivity index (χ2n) is 5.95. The Morgan fingerprint density at radius 3 is 2.41 bits per heavy atom. The number of ether oxygens (including phenoxy) is 2. The summed E-state index contributed by atoms with van der Waals surface area (Å²) in [5, 5.41) is 0.764. The minimum absolute atomic E-state index is 0.163. The average molecular weight is 387 g/mol. The smallest absolute Gasteiger partial charge is 0.268 e. The van der Waals surface area contributed by atoms with Crippen molar-refractivity contribution < 1.29 is 22.7 Å². The zero-order valence-electron chi connectivity index (χ0n) is 15.2. The molecule has 3 aromatic rings. The van der Waals surface area contributed by atoms with Gasteiger partial charge in [0.25, 0.3) is 10.0 Å². The van der Waals surface area contributed by atoms with Gasteiger partial charge in [-0.05, 0) is 61.4 Å². The fraction of sp³-hybridized carbons (Fsp3) is 0.250. The van der Waals surface area contributed by atoms with E-state index in [4.69, 9.17) is 9.47 Å². The number of fused-ring (bicyclic) bond motifs is 1. The van der Waals surface area contributed by atoms with Crippen LogP contribution in [0.15, 0.2) is 53.6 Å². The van der Waals surface area contributed by atoms with Gasteiger partial charge in [0.2, 0.25) is 0 Å². The van der Waals surface area contributed by atoms with Gasteiger partial charge in [-0.15, -0.1) is 0 Å². The molecule has 2 aromatic carbocycles. The van der Waals surface area contributed by atoms with Gasteiger partial charge in [-0.25, -0.2) is 12.4 Å². The monoisotopic (exact) mass is 387 g/mol. The van der Waals surface area contributed by atoms with Crippen LogP contribution in [-0.4, -0.2) is 32.4 Å². The summed E-state index contributed by atoms with van der Waals surface area (Å²) in [5.41, 5.74) is 1.34. The van der Waals surface area contributed by atoms with Crippen LogP contribution >= 0.6 is 0 Å². The molecule has 0 unspecified atom stereocenters. The van der Waals surface area contributed by atoms with Crippen LogP contribution in [0.1, 0.15) is 18.9 Å². The van der Waals surface area contributed by atoms with Crippen LogP contribution in [0.3, 0.4) is 0 Å². The first kappa shape index (κ1) is 19.0.